The molecule has 0 atom stereocenters. The number of methoxy groups -OCH3 is 1. The number of thiophene rings is 1. The van der Waals surface area contributed by atoms with Gasteiger partial charge in [0, 0.05) is 33.1 Å². The summed E-state index contributed by atoms with van der Waals surface area (Å²) in [6.45, 7) is 3.88. The largest absolute Gasteiger partial charge is 0.497 e. The summed E-state index contributed by atoms with van der Waals surface area (Å²) in [6.07, 6.45) is 2.55. The molecule has 1 saturated heterocycles. The molecular weight excluding hydrogens is 430 g/mol. The van der Waals surface area contributed by atoms with E-state index in [1.54, 1.807) is 18.4 Å². The molecular formula is C28H27NO3S. The summed E-state index contributed by atoms with van der Waals surface area (Å²) in [4.78, 5) is 16.1. The molecule has 0 radical (unpaired) electrons. The second-order valence-corrected chi connectivity index (χ2v) is 9.22. The van der Waals surface area contributed by atoms with E-state index in [0.29, 0.717) is 12.2 Å². The van der Waals surface area contributed by atoms with Gasteiger partial charge in [0.25, 0.3) is 0 Å². The number of fused-ring (bicyclic) bond motifs is 1. The topological polar surface area (TPSA) is 38.8 Å². The molecule has 0 N–H and O–H groups in total. The molecule has 0 bridgehead atoms. The zero-order valence-corrected chi connectivity index (χ0v) is 19.6. The van der Waals surface area contributed by atoms with E-state index in [0.717, 1.165) is 57.9 Å². The van der Waals surface area contributed by atoms with Gasteiger partial charge in [-0.2, -0.15) is 0 Å². The van der Waals surface area contributed by atoms with Crippen LogP contribution in [0.1, 0.15) is 28.8 Å². The lowest BCUT2D eigenvalue weighted by Crippen LogP contribution is -2.25. The standard InChI is InChI=1S/C28H27NO3S/c1-31-21-10-8-20(9-11-21)25-18-22(32-17-16-29-14-4-5-15-29)12-13-24(25)28(30)26-19-33-27-7-3-2-6-23(26)27/h2-3,6-13,18-19H,4-5,14-17H2,1H3. The SMILES string of the molecule is COc1ccc(-c2cc(OCCN3CCCC3)ccc2C(=O)c2csc3ccccc23)cc1. The average molecular weight is 458 g/mol. The lowest BCUT2D eigenvalue weighted by atomic mass is 9.93. The van der Waals surface area contributed by atoms with Crippen LogP contribution in [0.3, 0.4) is 0 Å². The third-order valence-corrected chi connectivity index (χ3v) is 7.20. The minimum absolute atomic E-state index is 0.0295. The van der Waals surface area contributed by atoms with Crippen LogP contribution in [0, 0.1) is 0 Å². The molecule has 5 heteroatoms. The molecule has 0 unspecified atom stereocenters. The van der Waals surface area contributed by atoms with Crippen LogP contribution in [-0.4, -0.2) is 44.0 Å². The third kappa shape index (κ3) is 4.65. The van der Waals surface area contributed by atoms with Crippen molar-refractivity contribution in [2.45, 2.75) is 12.8 Å². The van der Waals surface area contributed by atoms with E-state index in [2.05, 4.69) is 11.0 Å². The second kappa shape index (κ2) is 9.77. The van der Waals surface area contributed by atoms with E-state index < -0.39 is 0 Å². The Morgan fingerprint density at radius 3 is 2.48 bits per heavy atom. The van der Waals surface area contributed by atoms with E-state index in [1.165, 1.54) is 12.8 Å². The molecule has 0 amide bonds. The first-order valence-electron chi connectivity index (χ1n) is 11.4. The highest BCUT2D eigenvalue weighted by molar-refractivity contribution is 7.17. The minimum Gasteiger partial charge on any atom is -0.497 e. The number of benzene rings is 3. The van der Waals surface area contributed by atoms with Gasteiger partial charge in [-0.25, -0.2) is 0 Å². The van der Waals surface area contributed by atoms with Crippen molar-refractivity contribution in [3.05, 3.63) is 83.2 Å². The van der Waals surface area contributed by atoms with Gasteiger partial charge >= 0.3 is 0 Å². The molecule has 33 heavy (non-hydrogen) atoms. The number of carbonyl (C=O) groups is 1. The maximum atomic E-state index is 13.7. The first-order chi connectivity index (χ1) is 16.2. The predicted octanol–water partition coefficient (Wildman–Crippen LogP) is 6.28. The number of rotatable bonds is 8. The van der Waals surface area contributed by atoms with Gasteiger partial charge in [0.05, 0.1) is 7.11 Å². The molecule has 5 rings (SSSR count). The van der Waals surface area contributed by atoms with E-state index >= 15 is 0 Å². The number of ketones is 1. The fourth-order valence-electron chi connectivity index (χ4n) is 4.42. The number of carbonyl (C=O) groups excluding carboxylic acids is 1. The lowest BCUT2D eigenvalue weighted by Gasteiger charge is -2.16. The molecule has 4 nitrogen and oxygen atoms in total. The molecule has 0 spiro atoms. The molecule has 168 valence electrons. The lowest BCUT2D eigenvalue weighted by molar-refractivity contribution is 0.104. The summed E-state index contributed by atoms with van der Waals surface area (Å²) in [5.41, 5.74) is 3.25. The Hall–Kier alpha value is -3.15. The summed E-state index contributed by atoms with van der Waals surface area (Å²) in [5.74, 6) is 1.60. The van der Waals surface area contributed by atoms with Crippen molar-refractivity contribution in [1.29, 1.82) is 0 Å². The van der Waals surface area contributed by atoms with Crippen molar-refractivity contribution < 1.29 is 14.3 Å². The van der Waals surface area contributed by atoms with Crippen LogP contribution in [0.4, 0.5) is 0 Å². The van der Waals surface area contributed by atoms with Crippen molar-refractivity contribution in [2.75, 3.05) is 33.4 Å². The summed E-state index contributed by atoms with van der Waals surface area (Å²) < 4.78 is 12.5. The van der Waals surface area contributed by atoms with Crippen LogP contribution < -0.4 is 9.47 Å². The summed E-state index contributed by atoms with van der Waals surface area (Å²) >= 11 is 1.60. The molecule has 1 fully saturated rings. The molecule has 1 aromatic heterocycles. The number of nitrogens with zero attached hydrogens (tertiary/aromatic N) is 1. The first-order valence-corrected chi connectivity index (χ1v) is 12.3. The van der Waals surface area contributed by atoms with Crippen LogP contribution in [-0.2, 0) is 0 Å². The molecule has 1 aliphatic rings. The van der Waals surface area contributed by atoms with E-state index in [-0.39, 0.29) is 5.78 Å². The molecule has 1 aliphatic heterocycles. The zero-order chi connectivity index (χ0) is 22.6. The number of hydrogen-bond donors (Lipinski definition) is 0. The summed E-state index contributed by atoms with van der Waals surface area (Å²) in [6, 6.07) is 21.7. The Balaban J connectivity index is 1.48. The molecule has 3 aromatic carbocycles. The Morgan fingerprint density at radius 2 is 1.70 bits per heavy atom. The Bertz CT molecular complexity index is 1260. The van der Waals surface area contributed by atoms with Crippen LogP contribution >= 0.6 is 11.3 Å². The highest BCUT2D eigenvalue weighted by Crippen LogP contribution is 2.34. The molecule has 4 aromatic rings. The highest BCUT2D eigenvalue weighted by atomic mass is 32.1. The van der Waals surface area contributed by atoms with Gasteiger partial charge in [-0.15, -0.1) is 11.3 Å². The summed E-state index contributed by atoms with van der Waals surface area (Å²) in [5, 5.41) is 2.96. The molecule has 2 heterocycles. The number of likely N-dealkylation sites (tertiary alicyclic amines) is 1. The quantitative estimate of drug-likeness (QED) is 0.292. The smallest absolute Gasteiger partial charge is 0.195 e. The van der Waals surface area contributed by atoms with Gasteiger partial charge < -0.3 is 9.47 Å². The number of ether oxygens (including phenoxy) is 2. The fraction of sp³-hybridized carbons (Fsp3) is 0.250. The van der Waals surface area contributed by atoms with Crippen LogP contribution in [0.15, 0.2) is 72.1 Å². The maximum absolute atomic E-state index is 13.7. The van der Waals surface area contributed by atoms with Gasteiger partial charge in [-0.1, -0.05) is 30.3 Å². The Labute approximate surface area is 198 Å². The fourth-order valence-corrected chi connectivity index (χ4v) is 5.36. The highest BCUT2D eigenvalue weighted by Gasteiger charge is 2.19. The van der Waals surface area contributed by atoms with Gasteiger partial charge in [0.1, 0.15) is 18.1 Å². The van der Waals surface area contributed by atoms with Gasteiger partial charge in [0.15, 0.2) is 5.78 Å². The van der Waals surface area contributed by atoms with Gasteiger partial charge in [-0.3, -0.25) is 9.69 Å². The van der Waals surface area contributed by atoms with Crippen LogP contribution in [0.5, 0.6) is 11.5 Å². The monoisotopic (exact) mass is 457 g/mol. The zero-order valence-electron chi connectivity index (χ0n) is 18.8. The average Bonchev–Trinajstić information content (AvgIpc) is 3.54. The first kappa shape index (κ1) is 21.7. The Morgan fingerprint density at radius 1 is 0.939 bits per heavy atom. The van der Waals surface area contributed by atoms with Crippen molar-refractivity contribution in [3.8, 4) is 22.6 Å². The van der Waals surface area contributed by atoms with E-state index in [9.17, 15) is 4.79 Å². The maximum Gasteiger partial charge on any atom is 0.195 e. The van der Waals surface area contributed by atoms with Gasteiger partial charge in [-0.05, 0) is 73.5 Å². The number of hydrogen-bond acceptors (Lipinski definition) is 5. The van der Waals surface area contributed by atoms with Crippen molar-refractivity contribution in [1.82, 2.24) is 4.90 Å². The van der Waals surface area contributed by atoms with Crippen molar-refractivity contribution in [3.63, 3.8) is 0 Å². The minimum atomic E-state index is 0.0295. The predicted molar refractivity (Wildman–Crippen MR) is 135 cm³/mol. The molecule has 0 saturated carbocycles. The van der Waals surface area contributed by atoms with E-state index in [4.69, 9.17) is 9.47 Å². The second-order valence-electron chi connectivity index (χ2n) is 8.31. The third-order valence-electron chi connectivity index (χ3n) is 6.24. The molecule has 0 aliphatic carbocycles. The van der Waals surface area contributed by atoms with E-state index in [1.807, 2.05) is 66.0 Å². The van der Waals surface area contributed by atoms with Crippen molar-refractivity contribution >= 4 is 27.2 Å². The summed E-state index contributed by atoms with van der Waals surface area (Å²) in [7, 11) is 1.65. The van der Waals surface area contributed by atoms with Gasteiger partial charge in [0.2, 0.25) is 0 Å². The Kier molecular flexibility index (Phi) is 6.42. The normalized spacial score (nSPS) is 14.0. The van der Waals surface area contributed by atoms with Crippen molar-refractivity contribution in [2.24, 2.45) is 0 Å². The van der Waals surface area contributed by atoms with Crippen LogP contribution in [0.2, 0.25) is 0 Å². The van der Waals surface area contributed by atoms with Crippen LogP contribution in [0.25, 0.3) is 21.2 Å².